The summed E-state index contributed by atoms with van der Waals surface area (Å²) in [5.74, 6) is -4.23. The van der Waals surface area contributed by atoms with Gasteiger partial charge in [-0.1, -0.05) is 0 Å². The minimum Gasteiger partial charge on any atom is -0.371 e. The zero-order valence-corrected chi connectivity index (χ0v) is 23.9. The van der Waals surface area contributed by atoms with Crippen LogP contribution in [0.1, 0.15) is 64.2 Å². The number of carbonyl (C=O) groups is 4. The number of ether oxygens (including phenoxy) is 1. The number of rotatable bonds is 8. The number of amides is 4. The molecular formula is C28H30F6N6O5. The first-order valence-corrected chi connectivity index (χ1v) is 14.8. The molecule has 244 valence electrons. The predicted octanol–water partition coefficient (Wildman–Crippen LogP) is 1.97. The zero-order valence-electron chi connectivity index (χ0n) is 23.9. The summed E-state index contributed by atoms with van der Waals surface area (Å²) >= 11 is 0. The van der Waals surface area contributed by atoms with Crippen LogP contribution in [0.5, 0.6) is 0 Å². The number of carbonyl (C=O) groups excluding carboxylic acids is 4. The van der Waals surface area contributed by atoms with Crippen molar-refractivity contribution in [3.8, 4) is 12.1 Å². The van der Waals surface area contributed by atoms with Crippen LogP contribution in [0.15, 0.2) is 0 Å². The summed E-state index contributed by atoms with van der Waals surface area (Å²) in [6.45, 7) is -0.890. The molecule has 6 rings (SSSR count). The van der Waals surface area contributed by atoms with Crippen LogP contribution in [0.3, 0.4) is 0 Å². The summed E-state index contributed by atoms with van der Waals surface area (Å²) < 4.78 is 89.2. The van der Waals surface area contributed by atoms with Crippen LogP contribution in [0.25, 0.3) is 0 Å². The molecule has 2 heterocycles. The van der Waals surface area contributed by atoms with Gasteiger partial charge in [-0.15, -0.1) is 0 Å². The highest BCUT2D eigenvalue weighted by atomic mass is 19.4. The Bertz CT molecular complexity index is 1300. The molecule has 0 unspecified atom stereocenters. The molecule has 11 nitrogen and oxygen atoms in total. The average molecular weight is 645 g/mol. The third-order valence-corrected chi connectivity index (χ3v) is 10.1. The van der Waals surface area contributed by atoms with E-state index in [1.165, 1.54) is 0 Å². The zero-order chi connectivity index (χ0) is 32.8. The number of nitrogens with zero attached hydrogens (tertiary/aromatic N) is 4. The van der Waals surface area contributed by atoms with E-state index in [4.69, 9.17) is 4.74 Å². The monoisotopic (exact) mass is 644 g/mol. The first-order valence-electron chi connectivity index (χ1n) is 14.8. The summed E-state index contributed by atoms with van der Waals surface area (Å²) in [4.78, 5) is 54.5. The van der Waals surface area contributed by atoms with Gasteiger partial charge in [-0.25, -0.2) is 0 Å². The summed E-state index contributed by atoms with van der Waals surface area (Å²) in [5, 5.41) is 23.8. The topological polar surface area (TPSA) is 156 Å². The van der Waals surface area contributed by atoms with Crippen LogP contribution in [-0.4, -0.2) is 94.2 Å². The van der Waals surface area contributed by atoms with Crippen molar-refractivity contribution in [3.05, 3.63) is 0 Å². The second kappa shape index (κ2) is 9.95. The number of nitriles is 2. The van der Waals surface area contributed by atoms with Gasteiger partial charge in [-0.05, 0) is 51.4 Å². The molecule has 4 saturated carbocycles. The maximum absolute atomic E-state index is 13.9. The lowest BCUT2D eigenvalue weighted by Gasteiger charge is -2.30. The molecule has 6 aliphatic rings. The second-order valence-electron chi connectivity index (χ2n) is 13.3. The van der Waals surface area contributed by atoms with Crippen molar-refractivity contribution in [1.82, 2.24) is 20.4 Å². The summed E-state index contributed by atoms with van der Waals surface area (Å²) in [6, 6.07) is 1.09. The molecule has 0 aromatic carbocycles. The Labute approximate surface area is 253 Å². The fraction of sp³-hybridized carbons (Fsp3) is 0.786. The smallest absolute Gasteiger partial charge is 0.371 e. The highest BCUT2D eigenvalue weighted by Crippen LogP contribution is 2.60. The number of alkyl halides is 6. The molecular weight excluding hydrogens is 614 g/mol. The number of likely N-dealkylation sites (tertiary alicyclic amines) is 2. The van der Waals surface area contributed by atoms with Gasteiger partial charge >= 0.3 is 12.4 Å². The lowest BCUT2D eigenvalue weighted by atomic mass is 10.0. The molecule has 2 aliphatic heterocycles. The van der Waals surface area contributed by atoms with E-state index < -0.39 is 121 Å². The molecule has 0 radical (unpaired) electrons. The van der Waals surface area contributed by atoms with Crippen molar-refractivity contribution >= 4 is 23.6 Å². The lowest BCUT2D eigenvalue weighted by Crippen LogP contribution is -2.53. The number of hydrogen-bond donors (Lipinski definition) is 2. The minimum atomic E-state index is -4.86. The predicted molar refractivity (Wildman–Crippen MR) is 136 cm³/mol. The Morgan fingerprint density at radius 2 is 0.978 bits per heavy atom. The van der Waals surface area contributed by atoms with Crippen molar-refractivity contribution in [2.75, 3.05) is 13.1 Å². The lowest BCUT2D eigenvalue weighted by molar-refractivity contribution is -0.200. The maximum atomic E-state index is 13.9. The van der Waals surface area contributed by atoms with Crippen LogP contribution in [0.4, 0.5) is 26.3 Å². The van der Waals surface area contributed by atoms with Gasteiger partial charge in [-0.2, -0.15) is 36.9 Å². The highest BCUT2D eigenvalue weighted by Gasteiger charge is 2.72. The maximum Gasteiger partial charge on any atom is 0.403 e. The van der Waals surface area contributed by atoms with Gasteiger partial charge in [0.05, 0.1) is 24.3 Å². The van der Waals surface area contributed by atoms with Gasteiger partial charge < -0.3 is 25.2 Å². The van der Waals surface area contributed by atoms with Crippen molar-refractivity contribution in [2.24, 2.45) is 10.8 Å². The van der Waals surface area contributed by atoms with Gasteiger partial charge in [0.15, 0.2) is 0 Å². The fourth-order valence-corrected chi connectivity index (χ4v) is 6.46. The quantitative estimate of drug-likeness (QED) is 0.383. The van der Waals surface area contributed by atoms with Gasteiger partial charge in [0.1, 0.15) is 34.0 Å². The van der Waals surface area contributed by atoms with E-state index in [1.54, 1.807) is 0 Å². The fourth-order valence-electron chi connectivity index (χ4n) is 6.46. The Morgan fingerprint density at radius 3 is 1.22 bits per heavy atom. The third-order valence-electron chi connectivity index (χ3n) is 10.1. The molecule has 2 N–H and O–H groups in total. The van der Waals surface area contributed by atoms with E-state index in [2.05, 4.69) is 10.6 Å². The van der Waals surface area contributed by atoms with Crippen LogP contribution in [0, 0.1) is 33.5 Å². The Hall–Kier alpha value is -3.60. The highest BCUT2D eigenvalue weighted by molar-refractivity contribution is 5.94. The molecule has 0 spiro atoms. The first-order chi connectivity index (χ1) is 20.9. The van der Waals surface area contributed by atoms with Crippen LogP contribution < -0.4 is 10.6 Å². The molecule has 0 aromatic rings. The van der Waals surface area contributed by atoms with Crippen molar-refractivity contribution in [1.29, 1.82) is 10.5 Å². The molecule has 0 aromatic heterocycles. The van der Waals surface area contributed by atoms with E-state index in [0.29, 0.717) is 25.7 Å². The van der Waals surface area contributed by atoms with Gasteiger partial charge in [0.2, 0.25) is 23.6 Å². The Morgan fingerprint density at radius 1 is 0.644 bits per heavy atom. The molecule has 2 saturated heterocycles. The van der Waals surface area contributed by atoms with Crippen LogP contribution >= 0.6 is 0 Å². The average Bonchev–Trinajstić information content (AvgIpc) is 3.79. The van der Waals surface area contributed by atoms with Gasteiger partial charge in [0, 0.05) is 25.9 Å². The third kappa shape index (κ3) is 5.26. The summed E-state index contributed by atoms with van der Waals surface area (Å²) in [6.07, 6.45) is -12.8. The number of hydrogen-bond acceptors (Lipinski definition) is 7. The molecule has 45 heavy (non-hydrogen) atoms. The van der Waals surface area contributed by atoms with Crippen LogP contribution in [0.2, 0.25) is 0 Å². The van der Waals surface area contributed by atoms with Gasteiger partial charge in [0.25, 0.3) is 0 Å². The molecule has 4 amide bonds. The number of halogens is 6. The number of nitrogens with one attached hydrogen (secondary N) is 2. The Kier molecular flexibility index (Phi) is 6.94. The normalized spacial score (nSPS) is 31.3. The van der Waals surface area contributed by atoms with Crippen LogP contribution in [-0.2, 0) is 23.9 Å². The largest absolute Gasteiger partial charge is 0.403 e. The first kappa shape index (κ1) is 31.4. The SMILES string of the molecule is N#CC1(NC(=O)[C@@H]2C[C@H](O[C@H]3C[C@@H](C(=O)NC4(C#N)CC4)N(C(=O)C4(C(F)(F)F)CC4)C3)CN2C(=O)C2(C(F)(F)F)CC2)CC1. The molecule has 4 aliphatic carbocycles. The van der Waals surface area contributed by atoms with E-state index in [9.17, 15) is 56.0 Å². The van der Waals surface area contributed by atoms with Crippen molar-refractivity contribution in [2.45, 2.75) is 112 Å². The summed E-state index contributed by atoms with van der Waals surface area (Å²) in [7, 11) is 0. The van der Waals surface area contributed by atoms with E-state index in [1.807, 2.05) is 12.1 Å². The summed E-state index contributed by atoms with van der Waals surface area (Å²) in [5.41, 5.74) is -7.61. The molecule has 6 fully saturated rings. The van der Waals surface area contributed by atoms with E-state index in [-0.39, 0.29) is 12.8 Å². The van der Waals surface area contributed by atoms with E-state index in [0.717, 1.165) is 9.80 Å². The van der Waals surface area contributed by atoms with Crippen molar-refractivity contribution in [3.63, 3.8) is 0 Å². The molecule has 17 heteroatoms. The minimum absolute atomic E-state index is 0.266. The molecule has 0 bridgehead atoms. The van der Waals surface area contributed by atoms with E-state index >= 15 is 0 Å². The second-order valence-corrected chi connectivity index (χ2v) is 13.3. The Balaban J connectivity index is 1.21. The standard InChI is InChI=1S/C28H30F6N6O5/c29-27(30,31)25(5-6-25)21(43)39-11-15(9-17(39)19(41)37-23(13-35)1-2-23)45-16-10-18(20(42)38-24(14-36)3-4-24)40(12-16)22(44)26(7-8-26)28(32,33)34/h15-18H,1-12H2,(H,37,41)(H,38,42)/t15-,16-,17-,18-/m0/s1. The van der Waals surface area contributed by atoms with Gasteiger partial charge in [-0.3, -0.25) is 19.2 Å². The van der Waals surface area contributed by atoms with Crippen molar-refractivity contribution < 1.29 is 50.3 Å². The molecule has 4 atom stereocenters.